The second kappa shape index (κ2) is 10.8. The van der Waals surface area contributed by atoms with Crippen molar-refractivity contribution in [3.8, 4) is 0 Å². The van der Waals surface area contributed by atoms with Crippen LogP contribution < -0.4 is 0 Å². The van der Waals surface area contributed by atoms with Gasteiger partial charge in [0.25, 0.3) is 10.0 Å². The minimum Gasteiger partial charge on any atom is -0.269 e. The summed E-state index contributed by atoms with van der Waals surface area (Å²) >= 11 is 0. The lowest BCUT2D eigenvalue weighted by molar-refractivity contribution is 0.495. The Kier molecular flexibility index (Phi) is 7.41. The van der Waals surface area contributed by atoms with Crippen LogP contribution in [-0.2, 0) is 16.6 Å². The molecular weight excluding hydrogens is 438 g/mol. The van der Waals surface area contributed by atoms with Crippen LogP contribution in [0.5, 0.6) is 0 Å². The molecule has 0 heterocycles. The fraction of sp³-hybridized carbons (Fsp3) is 0.0667. The summed E-state index contributed by atoms with van der Waals surface area (Å²) < 4.78 is 28.6. The minimum atomic E-state index is -3.75. The van der Waals surface area contributed by atoms with Crippen LogP contribution in [0.2, 0.25) is 0 Å². The average Bonchev–Trinajstić information content (AvgIpc) is 2.87. The van der Waals surface area contributed by atoms with Crippen molar-refractivity contribution in [3.63, 3.8) is 0 Å². The molecule has 0 saturated carbocycles. The Hall–Kier alpha value is -3.89. The molecule has 3 nitrogen and oxygen atoms in total. The maximum atomic E-state index is 13.6. The molecular formula is C30H27NO2S. The summed E-state index contributed by atoms with van der Waals surface area (Å²) in [6, 6.07) is 36.6. The summed E-state index contributed by atoms with van der Waals surface area (Å²) in [5, 5.41) is 0. The molecule has 0 atom stereocenters. The zero-order valence-electron chi connectivity index (χ0n) is 19.1. The molecule has 4 rings (SSSR count). The van der Waals surface area contributed by atoms with E-state index < -0.39 is 10.0 Å². The molecule has 0 unspecified atom stereocenters. The van der Waals surface area contributed by atoms with Crippen LogP contribution in [0.25, 0.3) is 11.6 Å². The third-order valence-electron chi connectivity index (χ3n) is 5.46. The average molecular weight is 466 g/mol. The van der Waals surface area contributed by atoms with Gasteiger partial charge in [0.15, 0.2) is 0 Å². The zero-order valence-corrected chi connectivity index (χ0v) is 19.9. The van der Waals surface area contributed by atoms with E-state index in [-0.39, 0.29) is 11.4 Å². The molecule has 0 spiro atoms. The predicted molar refractivity (Wildman–Crippen MR) is 140 cm³/mol. The highest BCUT2D eigenvalue weighted by Crippen LogP contribution is 2.23. The van der Waals surface area contributed by atoms with Gasteiger partial charge in [-0.05, 0) is 53.5 Å². The monoisotopic (exact) mass is 465 g/mol. The lowest BCUT2D eigenvalue weighted by Crippen LogP contribution is -2.25. The van der Waals surface area contributed by atoms with Gasteiger partial charge in [-0.1, -0.05) is 109 Å². The van der Waals surface area contributed by atoms with Crippen molar-refractivity contribution in [1.29, 1.82) is 0 Å². The van der Waals surface area contributed by atoms with E-state index in [2.05, 4.69) is 6.08 Å². The number of hydrogen-bond donors (Lipinski definition) is 0. The van der Waals surface area contributed by atoms with Crippen molar-refractivity contribution < 1.29 is 8.42 Å². The quantitative estimate of drug-likeness (QED) is 0.209. The van der Waals surface area contributed by atoms with Crippen LogP contribution in [0, 0.1) is 6.92 Å². The number of benzene rings is 4. The van der Waals surface area contributed by atoms with Crippen molar-refractivity contribution >= 4 is 21.7 Å². The molecule has 0 aliphatic rings. The Morgan fingerprint density at radius 3 is 1.91 bits per heavy atom. The first-order valence-corrected chi connectivity index (χ1v) is 12.6. The molecule has 4 aromatic rings. The molecule has 0 N–H and O–H groups in total. The van der Waals surface area contributed by atoms with Gasteiger partial charge in [-0.15, -0.1) is 0 Å². The summed E-state index contributed by atoms with van der Waals surface area (Å²) in [4.78, 5) is 0.270. The fourth-order valence-electron chi connectivity index (χ4n) is 3.58. The normalized spacial score (nSPS) is 12.1. The van der Waals surface area contributed by atoms with Gasteiger partial charge in [-0.3, -0.25) is 4.31 Å². The first kappa shape index (κ1) is 23.3. The van der Waals surface area contributed by atoms with E-state index in [1.165, 1.54) is 4.31 Å². The first-order chi connectivity index (χ1) is 16.5. The Bertz CT molecular complexity index is 1360. The molecule has 0 radical (unpaired) electrons. The molecule has 4 aromatic carbocycles. The summed E-state index contributed by atoms with van der Waals surface area (Å²) in [6.07, 6.45) is 5.60. The summed E-state index contributed by atoms with van der Waals surface area (Å²) in [5.74, 6) is 0. The van der Waals surface area contributed by atoms with Gasteiger partial charge in [0.1, 0.15) is 0 Å². The number of nitrogens with zero attached hydrogens (tertiary/aromatic N) is 1. The minimum absolute atomic E-state index is 0.237. The standard InChI is InChI=1S/C30H27NO2S/c1-25-17-19-30(20-18-25)34(32,33)31(24-27-13-7-3-8-14-27)22-21-29(28-15-9-4-10-16-28)23-26-11-5-2-6-12-26/h2-23H,24H2,1H3/b22-21+,29-23+. The van der Waals surface area contributed by atoms with E-state index in [0.29, 0.717) is 0 Å². The lowest BCUT2D eigenvalue weighted by Gasteiger charge is -2.21. The van der Waals surface area contributed by atoms with E-state index in [0.717, 1.165) is 27.8 Å². The molecule has 34 heavy (non-hydrogen) atoms. The van der Waals surface area contributed by atoms with Crippen molar-refractivity contribution in [1.82, 2.24) is 4.31 Å². The third-order valence-corrected chi connectivity index (χ3v) is 7.19. The first-order valence-electron chi connectivity index (χ1n) is 11.2. The van der Waals surface area contributed by atoms with Gasteiger partial charge < -0.3 is 0 Å². The molecule has 4 heteroatoms. The summed E-state index contributed by atoms with van der Waals surface area (Å²) in [7, 11) is -3.75. The van der Waals surface area contributed by atoms with E-state index in [4.69, 9.17) is 0 Å². The smallest absolute Gasteiger partial charge is 0.264 e. The second-order valence-electron chi connectivity index (χ2n) is 8.04. The van der Waals surface area contributed by atoms with Gasteiger partial charge in [0.05, 0.1) is 11.4 Å². The Morgan fingerprint density at radius 2 is 1.29 bits per heavy atom. The van der Waals surface area contributed by atoms with Crippen LogP contribution in [0.1, 0.15) is 22.3 Å². The summed E-state index contributed by atoms with van der Waals surface area (Å²) in [6.45, 7) is 2.18. The third kappa shape index (κ3) is 5.91. The Labute approximate surface area is 202 Å². The van der Waals surface area contributed by atoms with Gasteiger partial charge in [0.2, 0.25) is 0 Å². The van der Waals surface area contributed by atoms with Crippen molar-refractivity contribution in [3.05, 3.63) is 150 Å². The zero-order chi connectivity index (χ0) is 23.8. The van der Waals surface area contributed by atoms with Gasteiger partial charge in [0, 0.05) is 6.20 Å². The van der Waals surface area contributed by atoms with E-state index in [1.54, 1.807) is 18.3 Å². The second-order valence-corrected chi connectivity index (χ2v) is 9.93. The SMILES string of the molecule is Cc1ccc(S(=O)(=O)N(/C=C/C(=C\c2ccccc2)c2ccccc2)Cc2ccccc2)cc1. The number of aryl methyl sites for hydroxylation is 1. The van der Waals surface area contributed by atoms with E-state index in [9.17, 15) is 8.42 Å². The number of rotatable bonds is 8. The Balaban J connectivity index is 1.76. The fourth-order valence-corrected chi connectivity index (χ4v) is 4.87. The highest BCUT2D eigenvalue weighted by molar-refractivity contribution is 7.89. The molecule has 0 amide bonds. The number of hydrogen-bond acceptors (Lipinski definition) is 2. The number of sulfonamides is 1. The molecule has 0 aliphatic carbocycles. The van der Waals surface area contributed by atoms with Crippen molar-refractivity contribution in [2.75, 3.05) is 0 Å². The van der Waals surface area contributed by atoms with Crippen LogP contribution in [0.3, 0.4) is 0 Å². The highest BCUT2D eigenvalue weighted by atomic mass is 32.2. The van der Waals surface area contributed by atoms with Gasteiger partial charge in [-0.25, -0.2) is 8.42 Å². The van der Waals surface area contributed by atoms with Crippen molar-refractivity contribution in [2.24, 2.45) is 0 Å². The highest BCUT2D eigenvalue weighted by Gasteiger charge is 2.21. The van der Waals surface area contributed by atoms with E-state index in [1.807, 2.05) is 116 Å². The lowest BCUT2D eigenvalue weighted by atomic mass is 10.0. The van der Waals surface area contributed by atoms with Crippen LogP contribution in [0.4, 0.5) is 0 Å². The predicted octanol–water partition coefficient (Wildman–Crippen LogP) is 6.94. The Morgan fingerprint density at radius 1 is 0.735 bits per heavy atom. The molecule has 0 fully saturated rings. The molecule has 0 aromatic heterocycles. The number of allylic oxidation sites excluding steroid dienone is 2. The maximum absolute atomic E-state index is 13.6. The van der Waals surface area contributed by atoms with Gasteiger partial charge in [-0.2, -0.15) is 0 Å². The molecule has 0 saturated heterocycles. The van der Waals surface area contributed by atoms with Crippen LogP contribution >= 0.6 is 0 Å². The molecule has 0 aliphatic heterocycles. The summed E-state index contributed by atoms with van der Waals surface area (Å²) in [5.41, 5.74) is 4.90. The van der Waals surface area contributed by atoms with E-state index >= 15 is 0 Å². The van der Waals surface area contributed by atoms with Crippen LogP contribution in [-0.4, -0.2) is 12.7 Å². The van der Waals surface area contributed by atoms with Crippen LogP contribution in [0.15, 0.2) is 132 Å². The van der Waals surface area contributed by atoms with Crippen molar-refractivity contribution in [2.45, 2.75) is 18.4 Å². The maximum Gasteiger partial charge on any atom is 0.264 e. The topological polar surface area (TPSA) is 37.4 Å². The largest absolute Gasteiger partial charge is 0.269 e. The molecule has 0 bridgehead atoms. The van der Waals surface area contributed by atoms with Gasteiger partial charge >= 0.3 is 0 Å². The molecule has 170 valence electrons.